The van der Waals surface area contributed by atoms with Crippen LogP contribution in [0, 0.1) is 22.7 Å². The zero-order chi connectivity index (χ0) is 31.0. The fourth-order valence-electron chi connectivity index (χ4n) is 9.40. The maximum absolute atomic E-state index is 13.7. The Balaban J connectivity index is 1.78. The lowest BCUT2D eigenvalue weighted by Crippen LogP contribution is -2.75. The topological polar surface area (TPSA) is 107 Å². The molecule has 0 unspecified atom stereocenters. The Hall–Kier alpha value is -1.59. The van der Waals surface area contributed by atoms with Gasteiger partial charge in [-0.2, -0.15) is 0 Å². The van der Waals surface area contributed by atoms with Crippen molar-refractivity contribution in [2.75, 3.05) is 6.61 Å². The Kier molecular flexibility index (Phi) is 7.95. The van der Waals surface area contributed by atoms with Gasteiger partial charge in [-0.15, -0.1) is 0 Å². The lowest BCUT2D eigenvalue weighted by atomic mass is 9.47. The molecule has 0 aromatic carbocycles. The van der Waals surface area contributed by atoms with Crippen LogP contribution in [-0.4, -0.2) is 68.6 Å². The highest BCUT2D eigenvalue weighted by atomic mass is 28.4. The number of ketones is 1. The van der Waals surface area contributed by atoms with Crippen LogP contribution in [-0.2, 0) is 42.5 Å². The number of Topliss-reactive ketones (excluding diaryl/α,β-unsaturated/α-hetero) is 1. The third-order valence-electron chi connectivity index (χ3n) is 11.7. The van der Waals surface area contributed by atoms with Gasteiger partial charge in [0.1, 0.15) is 11.7 Å². The van der Waals surface area contributed by atoms with Crippen LogP contribution in [0.3, 0.4) is 0 Å². The largest absolute Gasteiger partial charge is 0.458 e. The minimum atomic E-state index is -2.08. The standard InChI is InChI=1S/C32H50O9Si/c1-11-42(12-2,13-3)40-23-14-15-30(9)27-25(39-31(10)36-17-32(23,27)41-31)21-16-22(35)18(4)24(29(21,7)8)26(37-19(5)33)28(30)38-20(6)34/h21,23,25-28H,11-17H2,1-10H3/t21-,23-,25+,26+,27-,28-,30+,31+,32+/m0/s1. The van der Waals surface area contributed by atoms with Crippen molar-refractivity contribution in [3.05, 3.63) is 11.1 Å². The van der Waals surface area contributed by atoms with Crippen molar-refractivity contribution >= 4 is 26.0 Å². The average molecular weight is 607 g/mol. The molecule has 0 amide bonds. The molecule has 2 heterocycles. The van der Waals surface area contributed by atoms with Gasteiger partial charge in [-0.25, -0.2) is 0 Å². The van der Waals surface area contributed by atoms with Crippen LogP contribution in [0.25, 0.3) is 0 Å². The summed E-state index contributed by atoms with van der Waals surface area (Å²) in [6.07, 6.45) is -0.915. The van der Waals surface area contributed by atoms with Crippen LogP contribution in [0.2, 0.25) is 18.1 Å². The normalized spacial score (nSPS) is 42.4. The predicted molar refractivity (Wildman–Crippen MR) is 157 cm³/mol. The second-order valence-electron chi connectivity index (χ2n) is 14.2. The van der Waals surface area contributed by atoms with Gasteiger partial charge in [0.15, 0.2) is 20.2 Å². The molecular weight excluding hydrogens is 556 g/mol. The van der Waals surface area contributed by atoms with Crippen molar-refractivity contribution in [2.45, 2.75) is 143 Å². The summed E-state index contributed by atoms with van der Waals surface area (Å²) in [5.74, 6) is -2.90. The van der Waals surface area contributed by atoms with Gasteiger partial charge < -0.3 is 28.1 Å². The molecule has 0 aromatic heterocycles. The molecular formula is C32H50O9Si. The number of carbonyl (C=O) groups excluding carboxylic acids is 3. The molecule has 2 saturated heterocycles. The minimum Gasteiger partial charge on any atom is -0.458 e. The van der Waals surface area contributed by atoms with E-state index in [2.05, 4.69) is 41.5 Å². The predicted octanol–water partition coefficient (Wildman–Crippen LogP) is 5.46. The quantitative estimate of drug-likeness (QED) is 0.276. The maximum atomic E-state index is 13.7. The van der Waals surface area contributed by atoms with E-state index in [1.54, 1.807) is 6.92 Å². The molecule has 2 aliphatic heterocycles. The average Bonchev–Trinajstić information content (AvgIpc) is 3.18. The molecule has 4 bridgehead atoms. The van der Waals surface area contributed by atoms with Gasteiger partial charge in [0.25, 0.3) is 5.97 Å². The minimum absolute atomic E-state index is 0.0165. The Morgan fingerprint density at radius 2 is 1.62 bits per heavy atom. The Morgan fingerprint density at radius 1 is 1.00 bits per heavy atom. The van der Waals surface area contributed by atoms with Crippen LogP contribution >= 0.6 is 0 Å². The number of hydrogen-bond donors (Lipinski definition) is 0. The van der Waals surface area contributed by atoms with Crippen molar-refractivity contribution < 1.29 is 42.5 Å². The fraction of sp³-hybridized carbons (Fsp3) is 0.844. The van der Waals surface area contributed by atoms with E-state index in [1.165, 1.54) is 13.8 Å². The van der Waals surface area contributed by atoms with Gasteiger partial charge in [0, 0.05) is 44.4 Å². The highest BCUT2D eigenvalue weighted by Crippen LogP contribution is 2.66. The number of hydrogen-bond acceptors (Lipinski definition) is 9. The summed E-state index contributed by atoms with van der Waals surface area (Å²) < 4.78 is 39.7. The molecule has 4 fully saturated rings. The van der Waals surface area contributed by atoms with Crippen LogP contribution in [0.15, 0.2) is 11.1 Å². The first-order valence-electron chi connectivity index (χ1n) is 15.8. The molecule has 9 atom stereocenters. The summed E-state index contributed by atoms with van der Waals surface area (Å²) in [5.41, 5.74) is -0.995. The van der Waals surface area contributed by atoms with E-state index >= 15 is 0 Å². The SMILES string of the molecule is CC[Si](CC)(CC)O[C@H]1CC[C@@]2(C)[C@@H](OC(C)=O)[C@H](OC(C)=O)C3=C(C)C(=O)C[C@@H]([C@H]4O[C@@]5(C)OC[C@]1(O5)[C@@H]42)C3(C)C. The third-order valence-corrected chi connectivity index (χ3v) is 16.4. The van der Waals surface area contributed by atoms with E-state index in [-0.39, 0.29) is 30.3 Å². The number of allylic oxidation sites excluding steroid dienone is 1. The summed E-state index contributed by atoms with van der Waals surface area (Å²) in [6, 6.07) is 2.98. The van der Waals surface area contributed by atoms with Crippen LogP contribution in [0.4, 0.5) is 0 Å². The van der Waals surface area contributed by atoms with Gasteiger partial charge in [-0.05, 0) is 54.5 Å². The van der Waals surface area contributed by atoms with Crippen molar-refractivity contribution in [1.29, 1.82) is 0 Å². The molecule has 5 rings (SSSR count). The van der Waals surface area contributed by atoms with E-state index in [9.17, 15) is 14.4 Å². The van der Waals surface area contributed by atoms with Gasteiger partial charge >= 0.3 is 11.9 Å². The second kappa shape index (κ2) is 10.5. The summed E-state index contributed by atoms with van der Waals surface area (Å²) in [7, 11) is -2.08. The van der Waals surface area contributed by atoms with Crippen molar-refractivity contribution in [3.8, 4) is 0 Å². The van der Waals surface area contributed by atoms with Gasteiger partial charge in [-0.1, -0.05) is 41.5 Å². The van der Waals surface area contributed by atoms with E-state index in [0.29, 0.717) is 30.4 Å². The zero-order valence-electron chi connectivity index (χ0n) is 27.1. The smallest absolute Gasteiger partial charge is 0.303 e. The first kappa shape index (κ1) is 31.8. The molecule has 10 heteroatoms. The molecule has 42 heavy (non-hydrogen) atoms. The first-order valence-corrected chi connectivity index (χ1v) is 18.3. The Bertz CT molecular complexity index is 1170. The van der Waals surface area contributed by atoms with E-state index in [4.69, 9.17) is 28.1 Å². The fourth-order valence-corrected chi connectivity index (χ4v) is 12.3. The monoisotopic (exact) mass is 606 g/mol. The van der Waals surface area contributed by atoms with Crippen molar-refractivity contribution in [3.63, 3.8) is 0 Å². The Labute approximate surface area is 251 Å². The molecule has 3 aliphatic carbocycles. The highest BCUT2D eigenvalue weighted by Gasteiger charge is 2.76. The van der Waals surface area contributed by atoms with E-state index in [1.807, 2.05) is 6.92 Å². The van der Waals surface area contributed by atoms with Gasteiger partial charge in [0.05, 0.1) is 18.8 Å². The van der Waals surface area contributed by atoms with Crippen molar-refractivity contribution in [1.82, 2.24) is 0 Å². The molecule has 1 spiro atoms. The summed E-state index contributed by atoms with van der Waals surface area (Å²) in [5, 5.41) is 0. The molecule has 5 aliphatic rings. The van der Waals surface area contributed by atoms with Gasteiger partial charge in [0.2, 0.25) is 0 Å². The lowest BCUT2D eigenvalue weighted by Gasteiger charge is -2.65. The zero-order valence-corrected chi connectivity index (χ0v) is 28.1. The summed E-state index contributed by atoms with van der Waals surface area (Å²) in [4.78, 5) is 39.2. The lowest BCUT2D eigenvalue weighted by molar-refractivity contribution is -0.426. The molecule has 0 aromatic rings. The molecule has 9 nitrogen and oxygen atoms in total. The Morgan fingerprint density at radius 3 is 2.19 bits per heavy atom. The number of ether oxygens (including phenoxy) is 5. The van der Waals surface area contributed by atoms with E-state index < -0.39 is 61.0 Å². The molecule has 236 valence electrons. The third kappa shape index (κ3) is 4.57. The maximum Gasteiger partial charge on any atom is 0.303 e. The van der Waals surface area contributed by atoms with E-state index in [0.717, 1.165) is 18.1 Å². The number of esters is 2. The van der Waals surface area contributed by atoms with Gasteiger partial charge in [-0.3, -0.25) is 14.4 Å². The first-order chi connectivity index (χ1) is 19.5. The van der Waals surface area contributed by atoms with Crippen LogP contribution < -0.4 is 0 Å². The number of rotatable bonds is 7. The summed E-state index contributed by atoms with van der Waals surface area (Å²) in [6.45, 7) is 19.6. The highest BCUT2D eigenvalue weighted by molar-refractivity contribution is 6.73. The van der Waals surface area contributed by atoms with Crippen LogP contribution in [0.1, 0.15) is 88.5 Å². The molecule has 2 saturated carbocycles. The van der Waals surface area contributed by atoms with Crippen molar-refractivity contribution in [2.24, 2.45) is 22.7 Å². The second-order valence-corrected chi connectivity index (χ2v) is 18.9. The molecule has 0 radical (unpaired) electrons. The van der Waals surface area contributed by atoms with Crippen LogP contribution in [0.5, 0.6) is 0 Å². The molecule has 0 N–H and O–H groups in total. The number of fused-ring (bicyclic) bond motifs is 4. The number of carbonyl (C=O) groups is 3. The summed E-state index contributed by atoms with van der Waals surface area (Å²) >= 11 is 0.